The number of primary amides is 1. The predicted octanol–water partition coefficient (Wildman–Crippen LogP) is 2.78. The highest BCUT2D eigenvalue weighted by Crippen LogP contribution is 2.19. The van der Waals surface area contributed by atoms with E-state index < -0.39 is 5.91 Å². The summed E-state index contributed by atoms with van der Waals surface area (Å²) in [6.45, 7) is 0. The van der Waals surface area contributed by atoms with Gasteiger partial charge < -0.3 is 5.73 Å². The van der Waals surface area contributed by atoms with Crippen LogP contribution in [-0.2, 0) is 0 Å². The summed E-state index contributed by atoms with van der Waals surface area (Å²) in [4.78, 5) is 23.6. The number of hydrogen-bond donors (Lipinski definition) is 1. The molecule has 2 N–H and O–H groups in total. The van der Waals surface area contributed by atoms with Gasteiger partial charge in [0.2, 0.25) is 5.91 Å². The van der Waals surface area contributed by atoms with Crippen LogP contribution in [0.1, 0.15) is 26.3 Å². The first-order valence-electron chi connectivity index (χ1n) is 5.28. The third-order valence-electron chi connectivity index (χ3n) is 2.53. The second-order valence-corrected chi connectivity index (χ2v) is 4.66. The van der Waals surface area contributed by atoms with Crippen molar-refractivity contribution in [2.75, 3.05) is 0 Å². The van der Waals surface area contributed by atoms with Crippen LogP contribution in [0, 0.1) is 0 Å². The van der Waals surface area contributed by atoms with E-state index >= 15 is 0 Å². The molecule has 0 saturated heterocycles. The van der Waals surface area contributed by atoms with Crippen LogP contribution in [0.3, 0.4) is 0 Å². The van der Waals surface area contributed by atoms with E-state index in [0.29, 0.717) is 15.6 Å². The number of hydrogen-bond acceptors (Lipinski definition) is 2. The van der Waals surface area contributed by atoms with Crippen LogP contribution in [0.15, 0.2) is 53.0 Å². The maximum atomic E-state index is 12.3. The third-order valence-corrected chi connectivity index (χ3v) is 3.02. The van der Waals surface area contributed by atoms with Gasteiger partial charge in [0, 0.05) is 15.6 Å². The molecular formula is C14H10BrNO2. The average Bonchev–Trinajstić information content (AvgIpc) is 2.39. The fourth-order valence-electron chi connectivity index (χ4n) is 1.66. The van der Waals surface area contributed by atoms with Crippen LogP contribution in [0.4, 0.5) is 0 Å². The van der Waals surface area contributed by atoms with Gasteiger partial charge in [-0.15, -0.1) is 0 Å². The number of nitrogens with two attached hydrogens (primary N) is 1. The molecule has 0 fully saturated rings. The molecule has 0 aromatic heterocycles. The number of benzene rings is 2. The molecule has 0 aliphatic rings. The first kappa shape index (κ1) is 12.5. The molecule has 0 spiro atoms. The molecule has 0 saturated carbocycles. The minimum absolute atomic E-state index is 0.211. The molecule has 2 rings (SSSR count). The summed E-state index contributed by atoms with van der Waals surface area (Å²) in [6, 6.07) is 13.6. The minimum Gasteiger partial charge on any atom is -0.366 e. The van der Waals surface area contributed by atoms with Crippen molar-refractivity contribution in [2.45, 2.75) is 0 Å². The van der Waals surface area contributed by atoms with E-state index in [1.807, 2.05) is 6.07 Å². The molecule has 90 valence electrons. The Labute approximate surface area is 113 Å². The van der Waals surface area contributed by atoms with E-state index in [4.69, 9.17) is 5.73 Å². The van der Waals surface area contributed by atoms with E-state index in [2.05, 4.69) is 15.9 Å². The summed E-state index contributed by atoms with van der Waals surface area (Å²) in [5, 5.41) is 0. The van der Waals surface area contributed by atoms with Gasteiger partial charge in [-0.05, 0) is 18.2 Å². The van der Waals surface area contributed by atoms with Gasteiger partial charge in [0.05, 0.1) is 5.56 Å². The van der Waals surface area contributed by atoms with Crippen molar-refractivity contribution in [3.8, 4) is 0 Å². The Kier molecular flexibility index (Phi) is 3.58. The van der Waals surface area contributed by atoms with Crippen molar-refractivity contribution in [3.05, 3.63) is 69.7 Å². The molecular weight excluding hydrogens is 294 g/mol. The fraction of sp³-hybridized carbons (Fsp3) is 0. The number of ketones is 1. The molecule has 0 aliphatic carbocycles. The van der Waals surface area contributed by atoms with Crippen molar-refractivity contribution >= 4 is 27.6 Å². The van der Waals surface area contributed by atoms with Gasteiger partial charge in [-0.25, -0.2) is 0 Å². The maximum absolute atomic E-state index is 12.3. The smallest absolute Gasteiger partial charge is 0.249 e. The monoisotopic (exact) mass is 303 g/mol. The van der Waals surface area contributed by atoms with Crippen LogP contribution in [0.2, 0.25) is 0 Å². The van der Waals surface area contributed by atoms with Crippen molar-refractivity contribution in [3.63, 3.8) is 0 Å². The molecule has 0 aliphatic heterocycles. The second kappa shape index (κ2) is 5.14. The van der Waals surface area contributed by atoms with E-state index in [0.717, 1.165) is 0 Å². The molecule has 4 heteroatoms. The van der Waals surface area contributed by atoms with Crippen LogP contribution in [-0.4, -0.2) is 11.7 Å². The molecule has 0 radical (unpaired) electrons. The SMILES string of the molecule is NC(=O)c1cc(Br)ccc1C(=O)c1ccccc1. The van der Waals surface area contributed by atoms with Crippen molar-refractivity contribution in [1.29, 1.82) is 0 Å². The van der Waals surface area contributed by atoms with Crippen LogP contribution < -0.4 is 5.73 Å². The number of carbonyl (C=O) groups excluding carboxylic acids is 2. The Morgan fingerprint density at radius 3 is 2.22 bits per heavy atom. The predicted molar refractivity (Wildman–Crippen MR) is 72.5 cm³/mol. The highest BCUT2D eigenvalue weighted by atomic mass is 79.9. The van der Waals surface area contributed by atoms with Gasteiger partial charge in [-0.3, -0.25) is 9.59 Å². The van der Waals surface area contributed by atoms with Crippen LogP contribution >= 0.6 is 15.9 Å². The first-order valence-corrected chi connectivity index (χ1v) is 6.08. The minimum atomic E-state index is -0.615. The average molecular weight is 304 g/mol. The second-order valence-electron chi connectivity index (χ2n) is 3.75. The Hall–Kier alpha value is -1.94. The van der Waals surface area contributed by atoms with E-state index in [1.54, 1.807) is 42.5 Å². The van der Waals surface area contributed by atoms with Gasteiger partial charge in [-0.1, -0.05) is 46.3 Å². The summed E-state index contributed by atoms with van der Waals surface area (Å²) in [5.74, 6) is -0.826. The van der Waals surface area contributed by atoms with Crippen LogP contribution in [0.5, 0.6) is 0 Å². The molecule has 0 heterocycles. The largest absolute Gasteiger partial charge is 0.366 e. The van der Waals surface area contributed by atoms with Gasteiger partial charge in [0.15, 0.2) is 5.78 Å². The molecule has 0 bridgehead atoms. The lowest BCUT2D eigenvalue weighted by molar-refractivity contribution is 0.0981. The summed E-state index contributed by atoms with van der Waals surface area (Å²) in [7, 11) is 0. The van der Waals surface area contributed by atoms with E-state index in [-0.39, 0.29) is 11.3 Å². The normalized spacial score (nSPS) is 10.1. The van der Waals surface area contributed by atoms with E-state index in [9.17, 15) is 9.59 Å². The Morgan fingerprint density at radius 2 is 1.61 bits per heavy atom. The number of rotatable bonds is 3. The zero-order chi connectivity index (χ0) is 13.1. The summed E-state index contributed by atoms with van der Waals surface area (Å²) < 4.78 is 0.709. The lowest BCUT2D eigenvalue weighted by atomic mass is 9.98. The number of carbonyl (C=O) groups is 2. The molecule has 18 heavy (non-hydrogen) atoms. The van der Waals surface area contributed by atoms with Crippen LogP contribution in [0.25, 0.3) is 0 Å². The first-order chi connectivity index (χ1) is 8.59. The maximum Gasteiger partial charge on any atom is 0.249 e. The highest BCUT2D eigenvalue weighted by Gasteiger charge is 2.16. The number of halogens is 1. The molecule has 2 aromatic carbocycles. The van der Waals surface area contributed by atoms with Crippen molar-refractivity contribution < 1.29 is 9.59 Å². The highest BCUT2D eigenvalue weighted by molar-refractivity contribution is 9.10. The topological polar surface area (TPSA) is 60.2 Å². The lowest BCUT2D eigenvalue weighted by Crippen LogP contribution is -2.16. The summed E-state index contributed by atoms with van der Waals surface area (Å²) in [5.41, 5.74) is 6.35. The van der Waals surface area contributed by atoms with Gasteiger partial charge >= 0.3 is 0 Å². The van der Waals surface area contributed by atoms with Crippen molar-refractivity contribution in [2.24, 2.45) is 5.73 Å². The van der Waals surface area contributed by atoms with E-state index in [1.165, 1.54) is 0 Å². The Bertz CT molecular complexity index is 608. The van der Waals surface area contributed by atoms with Crippen molar-refractivity contribution in [1.82, 2.24) is 0 Å². The molecule has 0 unspecified atom stereocenters. The molecule has 0 atom stereocenters. The Morgan fingerprint density at radius 1 is 0.944 bits per heavy atom. The summed E-state index contributed by atoms with van der Waals surface area (Å²) >= 11 is 3.25. The lowest BCUT2D eigenvalue weighted by Gasteiger charge is -2.06. The zero-order valence-electron chi connectivity index (χ0n) is 9.39. The van der Waals surface area contributed by atoms with Gasteiger partial charge in [0.25, 0.3) is 0 Å². The Balaban J connectivity index is 2.52. The molecule has 1 amide bonds. The standard InChI is InChI=1S/C14H10BrNO2/c15-10-6-7-11(12(8-10)14(16)18)13(17)9-4-2-1-3-5-9/h1-8H,(H2,16,18). The van der Waals surface area contributed by atoms with Gasteiger partial charge in [0.1, 0.15) is 0 Å². The third kappa shape index (κ3) is 2.49. The van der Waals surface area contributed by atoms with Gasteiger partial charge in [-0.2, -0.15) is 0 Å². The quantitative estimate of drug-likeness (QED) is 0.886. The fourth-order valence-corrected chi connectivity index (χ4v) is 2.02. The summed E-state index contributed by atoms with van der Waals surface area (Å²) in [6.07, 6.45) is 0. The number of amides is 1. The molecule has 2 aromatic rings. The molecule has 3 nitrogen and oxygen atoms in total. The zero-order valence-corrected chi connectivity index (χ0v) is 11.0.